The van der Waals surface area contributed by atoms with Crippen LogP contribution in [0.25, 0.3) is 0 Å². The summed E-state index contributed by atoms with van der Waals surface area (Å²) in [4.78, 5) is 12.8. The first-order valence-corrected chi connectivity index (χ1v) is 17.4. The first kappa shape index (κ1) is 34.7. The molecule has 9 heteroatoms. The number of rotatable bonds is 15. The molecular weight excluding hydrogens is 604 g/mol. The van der Waals surface area contributed by atoms with Crippen molar-refractivity contribution in [3.63, 3.8) is 0 Å². The van der Waals surface area contributed by atoms with Crippen LogP contribution in [0.4, 0.5) is 4.39 Å². The van der Waals surface area contributed by atoms with Crippen molar-refractivity contribution in [3.05, 3.63) is 124 Å². The van der Waals surface area contributed by atoms with Crippen LogP contribution in [0.15, 0.2) is 84.9 Å². The SMILES string of the molecule is CCC(CC)OC(=O)[C@H](C)NP(=O)(COc1cc(C)c(Cc2ccc(O)c(Cc3cccc(F)c3)c2)c(C)c1)Oc1ccccc1. The van der Waals surface area contributed by atoms with E-state index in [0.717, 1.165) is 33.4 Å². The number of ether oxygens (including phenoxy) is 2. The maximum atomic E-state index is 14.1. The van der Waals surface area contributed by atoms with Crippen LogP contribution >= 0.6 is 7.52 Å². The average molecular weight is 648 g/mol. The van der Waals surface area contributed by atoms with Crippen LogP contribution in [-0.2, 0) is 26.9 Å². The topological polar surface area (TPSA) is 94.1 Å². The molecule has 0 spiro atoms. The minimum Gasteiger partial charge on any atom is -0.508 e. The first-order valence-electron chi connectivity index (χ1n) is 15.6. The van der Waals surface area contributed by atoms with Crippen LogP contribution < -0.4 is 14.3 Å². The lowest BCUT2D eigenvalue weighted by Gasteiger charge is -2.25. The van der Waals surface area contributed by atoms with Gasteiger partial charge in [0.2, 0.25) is 0 Å². The molecule has 0 saturated heterocycles. The smallest absolute Gasteiger partial charge is 0.354 e. The summed E-state index contributed by atoms with van der Waals surface area (Å²) in [6.45, 7) is 9.46. The fourth-order valence-electron chi connectivity index (χ4n) is 5.25. The fourth-order valence-corrected chi connectivity index (χ4v) is 6.90. The van der Waals surface area contributed by atoms with E-state index < -0.39 is 19.5 Å². The largest absolute Gasteiger partial charge is 0.508 e. The molecule has 2 atom stereocenters. The molecule has 0 bridgehead atoms. The molecule has 4 aromatic rings. The van der Waals surface area contributed by atoms with E-state index in [1.165, 1.54) is 12.1 Å². The van der Waals surface area contributed by atoms with Gasteiger partial charge in [-0.2, -0.15) is 0 Å². The molecule has 0 aliphatic heterocycles. The van der Waals surface area contributed by atoms with Crippen LogP contribution in [0.1, 0.15) is 67.0 Å². The number of benzene rings is 4. The quantitative estimate of drug-likeness (QED) is 0.0985. The highest BCUT2D eigenvalue weighted by atomic mass is 31.2. The average Bonchev–Trinajstić information content (AvgIpc) is 3.02. The third-order valence-corrected chi connectivity index (χ3v) is 9.57. The van der Waals surface area contributed by atoms with Gasteiger partial charge in [-0.3, -0.25) is 9.36 Å². The summed E-state index contributed by atoms with van der Waals surface area (Å²) in [7, 11) is -3.74. The minimum absolute atomic E-state index is 0.166. The molecule has 0 radical (unpaired) electrons. The predicted octanol–water partition coefficient (Wildman–Crippen LogP) is 8.65. The van der Waals surface area contributed by atoms with Crippen LogP contribution in [-0.4, -0.2) is 29.6 Å². The van der Waals surface area contributed by atoms with Crippen LogP contribution in [0.5, 0.6) is 17.2 Å². The summed E-state index contributed by atoms with van der Waals surface area (Å²) in [5.41, 5.74) is 5.55. The van der Waals surface area contributed by atoms with Gasteiger partial charge in [-0.15, -0.1) is 0 Å². The third-order valence-electron chi connectivity index (χ3n) is 7.81. The summed E-state index contributed by atoms with van der Waals surface area (Å²) in [5, 5.41) is 13.3. The van der Waals surface area contributed by atoms with E-state index in [1.807, 2.05) is 64.1 Å². The molecule has 0 aromatic heterocycles. The normalized spacial score (nSPS) is 13.2. The molecule has 1 unspecified atom stereocenters. The number of phenolic OH excluding ortho intramolecular Hbond substituents is 1. The van der Waals surface area contributed by atoms with Crippen molar-refractivity contribution in [2.45, 2.75) is 72.4 Å². The summed E-state index contributed by atoms with van der Waals surface area (Å²) in [6, 6.07) is 23.5. The Hall–Kier alpha value is -4.13. The van der Waals surface area contributed by atoms with E-state index >= 15 is 0 Å². The number of carbonyl (C=O) groups is 1. The van der Waals surface area contributed by atoms with Gasteiger partial charge in [0.15, 0.2) is 6.35 Å². The van der Waals surface area contributed by atoms with Crippen molar-refractivity contribution in [1.29, 1.82) is 0 Å². The summed E-state index contributed by atoms with van der Waals surface area (Å²) in [6.07, 6.45) is 1.87. The van der Waals surface area contributed by atoms with Gasteiger partial charge < -0.3 is 19.1 Å². The number of nitrogens with one attached hydrogen (secondary N) is 1. The highest BCUT2D eigenvalue weighted by Gasteiger charge is 2.32. The van der Waals surface area contributed by atoms with E-state index in [2.05, 4.69) is 5.09 Å². The Morgan fingerprint density at radius 3 is 2.20 bits per heavy atom. The number of hydrogen-bond acceptors (Lipinski definition) is 6. The van der Waals surface area contributed by atoms with Crippen molar-refractivity contribution in [3.8, 4) is 17.2 Å². The van der Waals surface area contributed by atoms with Crippen LogP contribution in [0.2, 0.25) is 0 Å². The molecule has 0 fully saturated rings. The molecule has 4 rings (SSSR count). The molecule has 7 nitrogen and oxygen atoms in total. The molecule has 2 N–H and O–H groups in total. The van der Waals surface area contributed by atoms with Gasteiger partial charge in [-0.25, -0.2) is 9.48 Å². The van der Waals surface area contributed by atoms with E-state index in [4.69, 9.17) is 14.0 Å². The predicted molar refractivity (Wildman–Crippen MR) is 179 cm³/mol. The molecule has 0 saturated carbocycles. The first-order chi connectivity index (χ1) is 22.0. The van der Waals surface area contributed by atoms with Crippen molar-refractivity contribution in [1.82, 2.24) is 5.09 Å². The summed E-state index contributed by atoms with van der Waals surface area (Å²) >= 11 is 0. The summed E-state index contributed by atoms with van der Waals surface area (Å²) < 4.78 is 45.3. The van der Waals surface area contributed by atoms with Gasteiger partial charge in [0.1, 0.15) is 35.2 Å². The number of halogens is 1. The Labute approximate surface area is 271 Å². The number of aryl methyl sites for hydroxylation is 2. The van der Waals surface area contributed by atoms with Crippen molar-refractivity contribution >= 4 is 13.5 Å². The van der Waals surface area contributed by atoms with Gasteiger partial charge in [0, 0.05) is 6.42 Å². The zero-order valence-electron chi connectivity index (χ0n) is 27.1. The molecule has 0 aliphatic rings. The lowest BCUT2D eigenvalue weighted by atomic mass is 9.93. The Kier molecular flexibility index (Phi) is 12.0. The Balaban J connectivity index is 1.49. The van der Waals surface area contributed by atoms with Gasteiger partial charge in [-0.1, -0.05) is 56.3 Å². The minimum atomic E-state index is -3.74. The number of esters is 1. The Morgan fingerprint density at radius 2 is 1.54 bits per heavy atom. The van der Waals surface area contributed by atoms with Crippen molar-refractivity contribution in [2.75, 3.05) is 6.35 Å². The van der Waals surface area contributed by atoms with Gasteiger partial charge in [0.05, 0.1) is 0 Å². The standard InChI is InChI=1S/C37H43FNO6P/c1-6-32(7-2)44-37(41)27(5)39-46(42,45-33-14-9-8-10-15-33)24-43-34-18-25(3)35(26(4)19-34)23-29-16-17-36(40)30(21-29)20-28-12-11-13-31(38)22-28/h8-19,21-22,27,32,40H,6-7,20,23-24H2,1-5H3,(H,39,42)/t27-,46?/m0/s1. The van der Waals surface area contributed by atoms with E-state index in [1.54, 1.807) is 43.3 Å². The molecular formula is C37H43FNO6P. The van der Waals surface area contributed by atoms with E-state index in [-0.39, 0.29) is 24.0 Å². The van der Waals surface area contributed by atoms with Crippen molar-refractivity contribution in [2.24, 2.45) is 0 Å². The zero-order valence-corrected chi connectivity index (χ0v) is 28.0. The maximum Gasteiger partial charge on any atom is 0.354 e. The molecule has 4 aromatic carbocycles. The zero-order chi connectivity index (χ0) is 33.3. The number of carbonyl (C=O) groups excluding carboxylic acids is 1. The highest BCUT2D eigenvalue weighted by Crippen LogP contribution is 2.44. The molecule has 0 amide bonds. The second-order valence-electron chi connectivity index (χ2n) is 11.6. The molecule has 0 aliphatic carbocycles. The van der Waals surface area contributed by atoms with Gasteiger partial charge in [0.25, 0.3) is 0 Å². The van der Waals surface area contributed by atoms with E-state index in [9.17, 15) is 18.9 Å². The molecule has 46 heavy (non-hydrogen) atoms. The van der Waals surface area contributed by atoms with Gasteiger partial charge in [-0.05, 0) is 116 Å². The van der Waals surface area contributed by atoms with Gasteiger partial charge >= 0.3 is 13.5 Å². The molecule has 0 heterocycles. The Bertz CT molecular complexity index is 1650. The number of para-hydroxylation sites is 1. The summed E-state index contributed by atoms with van der Waals surface area (Å²) in [5.74, 6) is 0.252. The fraction of sp³-hybridized carbons (Fsp3) is 0.324. The second-order valence-corrected chi connectivity index (χ2v) is 13.6. The lowest BCUT2D eigenvalue weighted by molar-refractivity contribution is -0.151. The number of aromatic hydroxyl groups is 1. The second kappa shape index (κ2) is 15.9. The number of phenols is 1. The highest BCUT2D eigenvalue weighted by molar-refractivity contribution is 7.57. The monoisotopic (exact) mass is 647 g/mol. The van der Waals surface area contributed by atoms with Crippen LogP contribution in [0.3, 0.4) is 0 Å². The third kappa shape index (κ3) is 9.68. The number of hydrogen-bond donors (Lipinski definition) is 2. The molecule has 244 valence electrons. The van der Waals surface area contributed by atoms with Crippen molar-refractivity contribution < 1.29 is 32.9 Å². The lowest BCUT2D eigenvalue weighted by Crippen LogP contribution is -2.37. The maximum absolute atomic E-state index is 14.1. The van der Waals surface area contributed by atoms with E-state index in [0.29, 0.717) is 37.2 Å². The van der Waals surface area contributed by atoms with Crippen LogP contribution in [0, 0.1) is 19.7 Å². The Morgan fingerprint density at radius 1 is 0.870 bits per heavy atom.